The second-order valence-corrected chi connectivity index (χ2v) is 3.25. The van der Waals surface area contributed by atoms with E-state index in [1.807, 2.05) is 0 Å². The molecular formula is C8H6Cl3NO. The largest absolute Gasteiger partial charge is 0.486 e. The zero-order chi connectivity index (χ0) is 9.68. The summed E-state index contributed by atoms with van der Waals surface area (Å²) in [4.78, 5) is 3.83. The predicted molar refractivity (Wildman–Crippen MR) is 54.5 cm³/mol. The monoisotopic (exact) mass is 237 g/mol. The maximum Gasteiger partial charge on any atom is 0.138 e. The Hall–Kier alpha value is -0.440. The standard InChI is InChI=1S/C8H6Cl3NO/c9-3-6(10)5-13-7-1-2-8(11)12-4-7/h1-4H,5H2. The topological polar surface area (TPSA) is 22.1 Å². The first-order valence-electron chi connectivity index (χ1n) is 3.41. The fourth-order valence-corrected chi connectivity index (χ4v) is 0.861. The van der Waals surface area contributed by atoms with Gasteiger partial charge in [-0.05, 0) is 12.1 Å². The van der Waals surface area contributed by atoms with Crippen LogP contribution in [-0.4, -0.2) is 11.6 Å². The molecule has 5 heteroatoms. The minimum atomic E-state index is 0.231. The fraction of sp³-hybridized carbons (Fsp3) is 0.125. The molecule has 0 saturated carbocycles. The van der Waals surface area contributed by atoms with Crippen molar-refractivity contribution in [3.63, 3.8) is 0 Å². The SMILES string of the molecule is ClC=C(Cl)COc1ccc(Cl)nc1. The molecule has 0 aliphatic heterocycles. The van der Waals surface area contributed by atoms with Crippen LogP contribution >= 0.6 is 34.8 Å². The number of aromatic nitrogens is 1. The average molecular weight is 239 g/mol. The highest BCUT2D eigenvalue weighted by Gasteiger charge is 1.96. The Kier molecular flexibility index (Phi) is 4.36. The summed E-state index contributed by atoms with van der Waals surface area (Å²) in [6.07, 6.45) is 1.51. The van der Waals surface area contributed by atoms with Crippen LogP contribution in [0.4, 0.5) is 0 Å². The summed E-state index contributed by atoms with van der Waals surface area (Å²) in [5, 5.41) is 0.850. The van der Waals surface area contributed by atoms with Crippen LogP contribution in [0, 0.1) is 0 Å². The van der Waals surface area contributed by atoms with Crippen LogP contribution in [0.2, 0.25) is 5.15 Å². The first-order valence-corrected chi connectivity index (χ1v) is 4.60. The Morgan fingerprint density at radius 3 is 2.85 bits per heavy atom. The normalized spacial score (nSPS) is 11.5. The Labute approximate surface area is 91.1 Å². The molecule has 1 aromatic heterocycles. The molecule has 0 atom stereocenters. The Morgan fingerprint density at radius 1 is 1.54 bits per heavy atom. The molecular weight excluding hydrogens is 232 g/mol. The molecule has 1 heterocycles. The van der Waals surface area contributed by atoms with Gasteiger partial charge in [0.1, 0.15) is 17.5 Å². The van der Waals surface area contributed by atoms with Gasteiger partial charge in [-0.1, -0.05) is 34.8 Å². The third kappa shape index (κ3) is 3.85. The molecule has 0 aliphatic carbocycles. The summed E-state index contributed by atoms with van der Waals surface area (Å²) < 4.78 is 5.21. The highest BCUT2D eigenvalue weighted by Crippen LogP contribution is 2.13. The third-order valence-corrected chi connectivity index (χ3v) is 2.01. The summed E-state index contributed by atoms with van der Waals surface area (Å²) in [5.41, 5.74) is 1.25. The first-order chi connectivity index (χ1) is 6.22. The van der Waals surface area contributed by atoms with Gasteiger partial charge < -0.3 is 4.74 Å². The Balaban J connectivity index is 2.51. The number of pyridine rings is 1. The van der Waals surface area contributed by atoms with Gasteiger partial charge >= 0.3 is 0 Å². The van der Waals surface area contributed by atoms with Crippen LogP contribution in [0.5, 0.6) is 5.75 Å². The molecule has 0 saturated heterocycles. The van der Waals surface area contributed by atoms with Gasteiger partial charge in [-0.15, -0.1) is 0 Å². The number of halogens is 3. The highest BCUT2D eigenvalue weighted by molar-refractivity contribution is 6.36. The molecule has 0 radical (unpaired) electrons. The van der Waals surface area contributed by atoms with Crippen molar-refractivity contribution < 1.29 is 4.74 Å². The second kappa shape index (κ2) is 5.32. The van der Waals surface area contributed by atoms with Gasteiger partial charge in [0.05, 0.1) is 11.2 Å². The van der Waals surface area contributed by atoms with Gasteiger partial charge in [-0.25, -0.2) is 4.98 Å². The van der Waals surface area contributed by atoms with Crippen molar-refractivity contribution >= 4 is 34.8 Å². The van der Waals surface area contributed by atoms with Crippen molar-refractivity contribution in [1.82, 2.24) is 4.98 Å². The van der Waals surface area contributed by atoms with E-state index in [1.165, 1.54) is 11.7 Å². The Bertz CT molecular complexity index is 297. The average Bonchev–Trinajstić information content (AvgIpc) is 2.16. The van der Waals surface area contributed by atoms with E-state index in [2.05, 4.69) is 4.98 Å². The van der Waals surface area contributed by atoms with Crippen molar-refractivity contribution in [2.75, 3.05) is 6.61 Å². The van der Waals surface area contributed by atoms with Crippen molar-refractivity contribution in [2.24, 2.45) is 0 Å². The minimum Gasteiger partial charge on any atom is -0.486 e. The molecule has 1 aromatic rings. The molecule has 70 valence electrons. The molecule has 0 N–H and O–H groups in total. The first kappa shape index (κ1) is 10.6. The van der Waals surface area contributed by atoms with E-state index in [-0.39, 0.29) is 6.61 Å². The van der Waals surface area contributed by atoms with Crippen LogP contribution < -0.4 is 4.74 Å². The second-order valence-electron chi connectivity index (χ2n) is 2.16. The summed E-state index contributed by atoms with van der Waals surface area (Å²) in [6, 6.07) is 3.34. The van der Waals surface area contributed by atoms with E-state index in [0.29, 0.717) is 15.9 Å². The molecule has 0 aromatic carbocycles. The molecule has 0 spiro atoms. The van der Waals surface area contributed by atoms with Crippen LogP contribution in [0.25, 0.3) is 0 Å². The predicted octanol–water partition coefficient (Wildman–Crippen LogP) is 3.43. The molecule has 2 nitrogen and oxygen atoms in total. The molecule has 0 aliphatic rings. The highest BCUT2D eigenvalue weighted by atomic mass is 35.5. The lowest BCUT2D eigenvalue weighted by Crippen LogP contribution is -1.96. The lowest BCUT2D eigenvalue weighted by atomic mass is 10.5. The van der Waals surface area contributed by atoms with E-state index < -0.39 is 0 Å². The lowest BCUT2D eigenvalue weighted by molar-refractivity contribution is 0.358. The van der Waals surface area contributed by atoms with Gasteiger partial charge in [0.2, 0.25) is 0 Å². The number of hydrogen-bond donors (Lipinski definition) is 0. The third-order valence-electron chi connectivity index (χ3n) is 1.20. The summed E-state index contributed by atoms with van der Waals surface area (Å²) in [7, 11) is 0. The molecule has 13 heavy (non-hydrogen) atoms. The van der Waals surface area contributed by atoms with E-state index in [9.17, 15) is 0 Å². The maximum absolute atomic E-state index is 5.60. The minimum absolute atomic E-state index is 0.231. The van der Waals surface area contributed by atoms with Crippen LogP contribution in [0.1, 0.15) is 0 Å². The van der Waals surface area contributed by atoms with Crippen molar-refractivity contribution in [3.8, 4) is 5.75 Å². The summed E-state index contributed by atoms with van der Waals surface area (Å²) >= 11 is 16.5. The van der Waals surface area contributed by atoms with Crippen LogP contribution in [0.15, 0.2) is 28.9 Å². The Morgan fingerprint density at radius 2 is 2.31 bits per heavy atom. The number of hydrogen-bond acceptors (Lipinski definition) is 2. The summed E-state index contributed by atoms with van der Waals surface area (Å²) in [5.74, 6) is 0.598. The van der Waals surface area contributed by atoms with E-state index in [4.69, 9.17) is 39.5 Å². The number of rotatable bonds is 3. The summed E-state index contributed by atoms with van der Waals surface area (Å²) in [6.45, 7) is 0.231. The molecule has 0 fully saturated rings. The van der Waals surface area contributed by atoms with E-state index in [1.54, 1.807) is 12.1 Å². The smallest absolute Gasteiger partial charge is 0.138 e. The van der Waals surface area contributed by atoms with Gasteiger partial charge in [0, 0.05) is 5.54 Å². The zero-order valence-corrected chi connectivity index (χ0v) is 8.77. The van der Waals surface area contributed by atoms with Crippen molar-refractivity contribution in [2.45, 2.75) is 0 Å². The van der Waals surface area contributed by atoms with Crippen molar-refractivity contribution in [3.05, 3.63) is 34.1 Å². The van der Waals surface area contributed by atoms with E-state index >= 15 is 0 Å². The number of nitrogens with zero attached hydrogens (tertiary/aromatic N) is 1. The quantitative estimate of drug-likeness (QED) is 0.753. The zero-order valence-electron chi connectivity index (χ0n) is 6.51. The number of ether oxygens (including phenoxy) is 1. The van der Waals surface area contributed by atoms with Crippen LogP contribution in [-0.2, 0) is 0 Å². The van der Waals surface area contributed by atoms with Gasteiger partial charge in [0.25, 0.3) is 0 Å². The molecule has 0 bridgehead atoms. The molecule has 1 rings (SSSR count). The van der Waals surface area contributed by atoms with Crippen molar-refractivity contribution in [1.29, 1.82) is 0 Å². The lowest BCUT2D eigenvalue weighted by Gasteiger charge is -2.03. The molecule has 0 amide bonds. The van der Waals surface area contributed by atoms with Gasteiger partial charge in [-0.3, -0.25) is 0 Å². The molecule has 0 unspecified atom stereocenters. The fourth-order valence-electron chi connectivity index (χ4n) is 0.631. The van der Waals surface area contributed by atoms with Gasteiger partial charge in [0.15, 0.2) is 0 Å². The maximum atomic E-state index is 5.60. The van der Waals surface area contributed by atoms with E-state index in [0.717, 1.165) is 0 Å². The van der Waals surface area contributed by atoms with Gasteiger partial charge in [-0.2, -0.15) is 0 Å². The van der Waals surface area contributed by atoms with Crippen LogP contribution in [0.3, 0.4) is 0 Å².